The smallest absolute Gasteiger partial charge is 0.411 e. The molecular formula is C13H21NO8. The summed E-state index contributed by atoms with van der Waals surface area (Å²) in [5.74, 6) is -3.00. The van der Waals surface area contributed by atoms with E-state index in [-0.39, 0.29) is 0 Å². The van der Waals surface area contributed by atoms with Crippen molar-refractivity contribution in [2.75, 3.05) is 19.8 Å². The molecule has 1 rings (SSSR count). The standard InChI is InChI=1S/C13H21NO8/c1-11(2,3)22-10(21)14-5-12(6-15,8(17)18)4-13(14,7-16)9(19)20/h15-16H,4-7H2,1-3H3,(H,17,18)(H,19,20). The van der Waals surface area contributed by atoms with E-state index in [9.17, 15) is 34.8 Å². The van der Waals surface area contributed by atoms with Crippen LogP contribution in [0.4, 0.5) is 4.79 Å². The van der Waals surface area contributed by atoms with Crippen molar-refractivity contribution in [2.45, 2.75) is 38.3 Å². The number of aliphatic hydroxyl groups excluding tert-OH is 2. The summed E-state index contributed by atoms with van der Waals surface area (Å²) in [7, 11) is 0. The first-order valence-electron chi connectivity index (χ1n) is 6.63. The molecule has 1 amide bonds. The van der Waals surface area contributed by atoms with Crippen molar-refractivity contribution >= 4 is 18.0 Å². The summed E-state index contributed by atoms with van der Waals surface area (Å²) in [6.07, 6.45) is -1.67. The van der Waals surface area contributed by atoms with Gasteiger partial charge in [-0.1, -0.05) is 0 Å². The molecule has 0 aromatic rings. The van der Waals surface area contributed by atoms with Gasteiger partial charge in [-0.25, -0.2) is 9.59 Å². The Kier molecular flexibility index (Phi) is 4.73. The zero-order valence-electron chi connectivity index (χ0n) is 12.7. The third-order valence-corrected chi connectivity index (χ3v) is 3.64. The lowest BCUT2D eigenvalue weighted by molar-refractivity contribution is -0.153. The number of carbonyl (C=O) groups is 3. The average Bonchev–Trinajstić information content (AvgIpc) is 2.74. The number of hydrogen-bond acceptors (Lipinski definition) is 6. The zero-order valence-corrected chi connectivity index (χ0v) is 12.7. The molecule has 0 bridgehead atoms. The lowest BCUT2D eigenvalue weighted by Gasteiger charge is -2.34. The molecule has 126 valence electrons. The Hall–Kier alpha value is -1.87. The maximum atomic E-state index is 12.2. The highest BCUT2D eigenvalue weighted by Crippen LogP contribution is 2.42. The number of hydrogen-bond donors (Lipinski definition) is 4. The highest BCUT2D eigenvalue weighted by molar-refractivity contribution is 5.89. The van der Waals surface area contributed by atoms with Gasteiger partial charge in [0.15, 0.2) is 5.54 Å². The number of carboxylic acid groups (broad SMARTS) is 2. The van der Waals surface area contributed by atoms with Crippen molar-refractivity contribution in [1.82, 2.24) is 4.90 Å². The molecule has 0 saturated carbocycles. The summed E-state index contributed by atoms with van der Waals surface area (Å²) < 4.78 is 5.08. The number of ether oxygens (including phenoxy) is 1. The molecule has 9 nitrogen and oxygen atoms in total. The van der Waals surface area contributed by atoms with Crippen LogP contribution in [-0.2, 0) is 14.3 Å². The van der Waals surface area contributed by atoms with Crippen LogP contribution in [-0.4, -0.2) is 74.3 Å². The van der Waals surface area contributed by atoms with Gasteiger partial charge >= 0.3 is 18.0 Å². The molecule has 1 heterocycles. The minimum absolute atomic E-state index is 0.569. The predicted octanol–water partition coefficient (Wildman–Crippen LogP) is -0.494. The maximum absolute atomic E-state index is 12.2. The third-order valence-electron chi connectivity index (χ3n) is 3.64. The van der Waals surface area contributed by atoms with Gasteiger partial charge in [0.25, 0.3) is 0 Å². The van der Waals surface area contributed by atoms with Crippen LogP contribution >= 0.6 is 0 Å². The first-order chi connectivity index (χ1) is 9.94. The number of aliphatic carboxylic acids is 2. The molecule has 0 aromatic heterocycles. The maximum Gasteiger partial charge on any atom is 0.411 e. The van der Waals surface area contributed by atoms with Crippen LogP contribution in [0, 0.1) is 5.41 Å². The number of nitrogens with zero attached hydrogens (tertiary/aromatic N) is 1. The quantitative estimate of drug-likeness (QED) is 0.543. The van der Waals surface area contributed by atoms with E-state index in [0.29, 0.717) is 4.90 Å². The first-order valence-corrected chi connectivity index (χ1v) is 6.63. The second kappa shape index (κ2) is 5.73. The number of rotatable bonds is 4. The monoisotopic (exact) mass is 319 g/mol. The van der Waals surface area contributed by atoms with Gasteiger partial charge in [-0.05, 0) is 20.8 Å². The molecule has 1 aliphatic rings. The van der Waals surface area contributed by atoms with Crippen LogP contribution in [0.25, 0.3) is 0 Å². The summed E-state index contributed by atoms with van der Waals surface area (Å²) in [5.41, 5.74) is -4.94. The van der Waals surface area contributed by atoms with Crippen molar-refractivity contribution in [3.63, 3.8) is 0 Å². The number of aliphatic hydroxyl groups is 2. The fraction of sp³-hybridized carbons (Fsp3) is 0.769. The Labute approximate surface area is 127 Å². The first kappa shape index (κ1) is 18.2. The van der Waals surface area contributed by atoms with E-state index >= 15 is 0 Å². The van der Waals surface area contributed by atoms with Crippen molar-refractivity contribution in [1.29, 1.82) is 0 Å². The van der Waals surface area contributed by atoms with Crippen LogP contribution in [0.2, 0.25) is 0 Å². The Bertz CT molecular complexity index is 485. The largest absolute Gasteiger partial charge is 0.481 e. The van der Waals surface area contributed by atoms with Gasteiger partial charge in [0.05, 0.1) is 13.2 Å². The Morgan fingerprint density at radius 1 is 1.09 bits per heavy atom. The van der Waals surface area contributed by atoms with Gasteiger partial charge in [0.1, 0.15) is 11.0 Å². The topological polar surface area (TPSA) is 145 Å². The molecule has 1 fully saturated rings. The molecule has 1 aliphatic heterocycles. The fourth-order valence-corrected chi connectivity index (χ4v) is 2.44. The lowest BCUT2D eigenvalue weighted by Crippen LogP contribution is -2.56. The van der Waals surface area contributed by atoms with Crippen molar-refractivity contribution < 1.29 is 39.5 Å². The van der Waals surface area contributed by atoms with Gasteiger partial charge < -0.3 is 25.2 Å². The average molecular weight is 319 g/mol. The van der Waals surface area contributed by atoms with Crippen LogP contribution in [0.15, 0.2) is 0 Å². The second-order valence-electron chi connectivity index (χ2n) is 6.48. The van der Waals surface area contributed by atoms with Crippen LogP contribution in [0.3, 0.4) is 0 Å². The number of carbonyl (C=O) groups excluding carboxylic acids is 1. The van der Waals surface area contributed by atoms with E-state index in [1.165, 1.54) is 0 Å². The third kappa shape index (κ3) is 3.00. The minimum Gasteiger partial charge on any atom is -0.481 e. The van der Waals surface area contributed by atoms with E-state index in [1.54, 1.807) is 20.8 Å². The number of carboxylic acids is 2. The number of amides is 1. The molecule has 9 heteroatoms. The van der Waals surface area contributed by atoms with Crippen LogP contribution in [0.1, 0.15) is 27.2 Å². The van der Waals surface area contributed by atoms with E-state index < -0.39 is 60.8 Å². The molecule has 0 spiro atoms. The highest BCUT2D eigenvalue weighted by atomic mass is 16.6. The summed E-state index contributed by atoms with van der Waals surface area (Å²) >= 11 is 0. The lowest BCUT2D eigenvalue weighted by atomic mass is 9.81. The fourth-order valence-electron chi connectivity index (χ4n) is 2.44. The molecule has 22 heavy (non-hydrogen) atoms. The molecule has 0 radical (unpaired) electrons. The molecule has 2 unspecified atom stereocenters. The summed E-state index contributed by atoms with van der Waals surface area (Å²) in [4.78, 5) is 35.9. The van der Waals surface area contributed by atoms with E-state index in [4.69, 9.17) is 4.74 Å². The molecule has 2 atom stereocenters. The summed E-state index contributed by atoms with van der Waals surface area (Å²) in [5, 5.41) is 37.6. The zero-order chi connectivity index (χ0) is 17.3. The molecule has 0 aliphatic carbocycles. The molecule has 0 aromatic carbocycles. The molecule has 4 N–H and O–H groups in total. The van der Waals surface area contributed by atoms with Gasteiger partial charge in [0.2, 0.25) is 0 Å². The van der Waals surface area contributed by atoms with Gasteiger partial charge in [0, 0.05) is 13.0 Å². The highest BCUT2D eigenvalue weighted by Gasteiger charge is 2.63. The van der Waals surface area contributed by atoms with Crippen molar-refractivity contribution in [3.05, 3.63) is 0 Å². The van der Waals surface area contributed by atoms with Crippen LogP contribution < -0.4 is 0 Å². The normalized spacial score (nSPS) is 28.5. The predicted molar refractivity (Wildman–Crippen MR) is 72.2 cm³/mol. The summed E-state index contributed by atoms with van der Waals surface area (Å²) in [6.45, 7) is 2.28. The van der Waals surface area contributed by atoms with Crippen molar-refractivity contribution in [2.24, 2.45) is 5.41 Å². The second-order valence-corrected chi connectivity index (χ2v) is 6.48. The number of likely N-dealkylation sites (tertiary alicyclic amines) is 1. The van der Waals surface area contributed by atoms with E-state index in [1.807, 2.05) is 0 Å². The molecular weight excluding hydrogens is 298 g/mol. The van der Waals surface area contributed by atoms with Crippen molar-refractivity contribution in [3.8, 4) is 0 Å². The molecule has 1 saturated heterocycles. The Balaban J connectivity index is 3.29. The van der Waals surface area contributed by atoms with E-state index in [2.05, 4.69) is 0 Å². The Morgan fingerprint density at radius 2 is 1.64 bits per heavy atom. The Morgan fingerprint density at radius 3 is 1.95 bits per heavy atom. The van der Waals surface area contributed by atoms with E-state index in [0.717, 1.165) is 0 Å². The van der Waals surface area contributed by atoms with Gasteiger partial charge in [-0.15, -0.1) is 0 Å². The van der Waals surface area contributed by atoms with Crippen LogP contribution in [0.5, 0.6) is 0 Å². The van der Waals surface area contributed by atoms with Gasteiger partial charge in [-0.3, -0.25) is 9.69 Å². The minimum atomic E-state index is -2.15. The summed E-state index contributed by atoms with van der Waals surface area (Å²) in [6, 6.07) is 0. The SMILES string of the molecule is CC(C)(C)OC(=O)N1CC(CO)(C(=O)O)CC1(CO)C(=O)O. The van der Waals surface area contributed by atoms with Gasteiger partial charge in [-0.2, -0.15) is 0 Å².